The van der Waals surface area contributed by atoms with Gasteiger partial charge in [0.2, 0.25) is 0 Å². The minimum absolute atomic E-state index is 0.0190. The Labute approximate surface area is 202 Å². The van der Waals surface area contributed by atoms with Gasteiger partial charge in [0.05, 0.1) is 23.3 Å². The van der Waals surface area contributed by atoms with Crippen molar-refractivity contribution in [3.63, 3.8) is 0 Å². The number of hydrogen-bond acceptors (Lipinski definition) is 9. The Hall–Kier alpha value is -3.74. The van der Waals surface area contributed by atoms with E-state index in [1.165, 1.54) is 61.8 Å². The molecule has 2 aromatic carbocycles. The summed E-state index contributed by atoms with van der Waals surface area (Å²) in [4.78, 5) is 41.8. The second-order valence-electron chi connectivity index (χ2n) is 6.77. The number of nitrogens with zero attached hydrogens (tertiary/aromatic N) is 2. The smallest absolute Gasteiger partial charge is 0.337 e. The van der Waals surface area contributed by atoms with Gasteiger partial charge in [-0.25, -0.2) is 23.1 Å². The Kier molecular flexibility index (Phi) is 6.37. The number of esters is 1. The number of thiazole rings is 1. The fourth-order valence-electron chi connectivity index (χ4n) is 3.02. The highest BCUT2D eigenvalue weighted by Crippen LogP contribution is 2.30. The van der Waals surface area contributed by atoms with Crippen LogP contribution in [0.4, 0.5) is 16.5 Å². The van der Waals surface area contributed by atoms with Gasteiger partial charge in [0.1, 0.15) is 10.7 Å². The van der Waals surface area contributed by atoms with Crippen LogP contribution in [-0.4, -0.2) is 38.3 Å². The van der Waals surface area contributed by atoms with Crippen LogP contribution in [0, 0.1) is 0 Å². The number of halogens is 1. The van der Waals surface area contributed by atoms with Crippen LogP contribution in [0.15, 0.2) is 75.7 Å². The third kappa shape index (κ3) is 4.51. The molecule has 0 saturated carbocycles. The summed E-state index contributed by atoms with van der Waals surface area (Å²) in [6, 6.07) is 11.2. The van der Waals surface area contributed by atoms with Crippen LogP contribution in [-0.2, 0) is 24.3 Å². The minimum atomic E-state index is -3.84. The van der Waals surface area contributed by atoms with Crippen molar-refractivity contribution in [2.75, 3.05) is 22.0 Å². The molecule has 0 saturated heterocycles. The summed E-state index contributed by atoms with van der Waals surface area (Å²) in [5.41, 5.74) is 0.639. The van der Waals surface area contributed by atoms with E-state index in [4.69, 9.17) is 11.6 Å². The van der Waals surface area contributed by atoms with Crippen molar-refractivity contribution in [3.8, 4) is 0 Å². The highest BCUT2D eigenvalue weighted by atomic mass is 35.5. The number of aromatic nitrogens is 1. The lowest BCUT2D eigenvalue weighted by Crippen LogP contribution is -2.32. The van der Waals surface area contributed by atoms with Gasteiger partial charge in [-0.3, -0.25) is 14.3 Å². The number of sulfonamides is 1. The maximum absolute atomic E-state index is 12.9. The maximum atomic E-state index is 12.9. The second-order valence-corrected chi connectivity index (χ2v) is 9.72. The van der Waals surface area contributed by atoms with Crippen molar-refractivity contribution in [3.05, 3.63) is 76.4 Å². The molecule has 34 heavy (non-hydrogen) atoms. The topological polar surface area (TPSA) is 135 Å². The molecule has 0 bridgehead atoms. The second kappa shape index (κ2) is 9.25. The van der Waals surface area contributed by atoms with E-state index in [0.29, 0.717) is 5.69 Å². The van der Waals surface area contributed by atoms with E-state index < -0.39 is 27.8 Å². The summed E-state index contributed by atoms with van der Waals surface area (Å²) in [6.45, 7) is 0. The summed E-state index contributed by atoms with van der Waals surface area (Å²) >= 11 is 7.26. The molecule has 13 heteroatoms. The van der Waals surface area contributed by atoms with Crippen molar-refractivity contribution >= 4 is 67.3 Å². The highest BCUT2D eigenvalue weighted by Gasteiger charge is 2.39. The highest BCUT2D eigenvalue weighted by molar-refractivity contribution is 7.93. The van der Waals surface area contributed by atoms with Crippen LogP contribution in [0.1, 0.15) is 10.4 Å². The van der Waals surface area contributed by atoms with Gasteiger partial charge in [0.25, 0.3) is 21.8 Å². The molecule has 1 aromatic heterocycles. The number of carbonyl (C=O) groups excluding carboxylic acids is 3. The summed E-state index contributed by atoms with van der Waals surface area (Å²) in [7, 11) is -2.60. The summed E-state index contributed by atoms with van der Waals surface area (Å²) in [5.74, 6) is -2.01. The van der Waals surface area contributed by atoms with Crippen LogP contribution in [0.2, 0.25) is 0 Å². The van der Waals surface area contributed by atoms with Gasteiger partial charge in [0.15, 0.2) is 5.13 Å². The lowest BCUT2D eigenvalue weighted by atomic mass is 10.2. The molecule has 1 aliphatic heterocycles. The first-order chi connectivity index (χ1) is 16.2. The van der Waals surface area contributed by atoms with Gasteiger partial charge in [-0.2, -0.15) is 0 Å². The molecule has 2 amide bonds. The molecule has 0 spiro atoms. The number of carbonyl (C=O) groups is 3. The molecule has 2 N–H and O–H groups in total. The van der Waals surface area contributed by atoms with E-state index in [1.54, 1.807) is 5.38 Å². The molecule has 2 heterocycles. The Morgan fingerprint density at radius 1 is 1.06 bits per heavy atom. The SMILES string of the molecule is COC(=O)c1ccc(N2C(=O)C(Cl)=C(Nc3ccc(S(=O)(=O)Nc4nccs4)cc3)C2=O)cc1. The van der Waals surface area contributed by atoms with Crippen molar-refractivity contribution < 1.29 is 27.5 Å². The molecule has 3 aromatic rings. The first kappa shape index (κ1) is 23.4. The number of nitrogens with one attached hydrogen (secondary N) is 2. The fourth-order valence-corrected chi connectivity index (χ4v) is 5.02. The molecule has 174 valence electrons. The number of benzene rings is 2. The monoisotopic (exact) mass is 518 g/mol. The molecule has 0 fully saturated rings. The van der Waals surface area contributed by atoms with Gasteiger partial charge in [-0.05, 0) is 48.5 Å². The Bertz CT molecular complexity index is 1400. The molecular formula is C21H15ClN4O6S2. The molecule has 0 aliphatic carbocycles. The zero-order valence-corrected chi connectivity index (χ0v) is 19.7. The van der Waals surface area contributed by atoms with Gasteiger partial charge in [-0.1, -0.05) is 11.6 Å². The van der Waals surface area contributed by atoms with Gasteiger partial charge >= 0.3 is 5.97 Å². The zero-order valence-electron chi connectivity index (χ0n) is 17.3. The zero-order chi connectivity index (χ0) is 24.5. The Balaban J connectivity index is 1.51. The van der Waals surface area contributed by atoms with E-state index in [-0.39, 0.29) is 32.0 Å². The van der Waals surface area contributed by atoms with Crippen molar-refractivity contribution in [1.82, 2.24) is 4.98 Å². The lowest BCUT2D eigenvalue weighted by molar-refractivity contribution is -0.120. The molecule has 0 atom stereocenters. The largest absolute Gasteiger partial charge is 0.465 e. The molecule has 1 aliphatic rings. The quantitative estimate of drug-likeness (QED) is 0.360. The van der Waals surface area contributed by atoms with E-state index in [9.17, 15) is 22.8 Å². The summed E-state index contributed by atoms with van der Waals surface area (Å²) in [6.07, 6.45) is 1.48. The third-order valence-electron chi connectivity index (χ3n) is 4.66. The molecule has 10 nitrogen and oxygen atoms in total. The average Bonchev–Trinajstić information content (AvgIpc) is 3.41. The van der Waals surface area contributed by atoms with Crippen molar-refractivity contribution in [2.45, 2.75) is 4.90 Å². The van der Waals surface area contributed by atoms with Crippen LogP contribution in [0.3, 0.4) is 0 Å². The molecule has 0 unspecified atom stereocenters. The number of ether oxygens (including phenoxy) is 1. The third-order valence-corrected chi connectivity index (χ3v) is 7.19. The first-order valence-electron chi connectivity index (χ1n) is 9.47. The minimum Gasteiger partial charge on any atom is -0.465 e. The Morgan fingerprint density at radius 2 is 1.74 bits per heavy atom. The predicted molar refractivity (Wildman–Crippen MR) is 126 cm³/mol. The number of hydrogen-bond donors (Lipinski definition) is 2. The number of methoxy groups -OCH3 is 1. The van der Waals surface area contributed by atoms with Gasteiger partial charge in [0, 0.05) is 17.3 Å². The normalized spacial score (nSPS) is 13.9. The average molecular weight is 519 g/mol. The number of amides is 2. The lowest BCUT2D eigenvalue weighted by Gasteiger charge is -2.15. The van der Waals surface area contributed by atoms with Crippen LogP contribution >= 0.6 is 22.9 Å². The standard InChI is InChI=1S/C21H15ClN4O6S2/c1-32-20(29)12-2-6-14(7-3-12)26-18(27)16(22)17(19(26)28)24-13-4-8-15(9-5-13)34(30,31)25-21-23-10-11-33-21/h2-11,24H,1H3,(H,23,25). The first-order valence-corrected chi connectivity index (χ1v) is 12.2. The van der Waals surface area contributed by atoms with Crippen LogP contribution in [0.5, 0.6) is 0 Å². The number of rotatable bonds is 7. The van der Waals surface area contributed by atoms with E-state index >= 15 is 0 Å². The summed E-state index contributed by atoms with van der Waals surface area (Å²) in [5, 5.41) is 4.31. The molecule has 4 rings (SSSR count). The number of anilines is 3. The molecule has 0 radical (unpaired) electrons. The Morgan fingerprint density at radius 3 is 2.32 bits per heavy atom. The van der Waals surface area contributed by atoms with Crippen LogP contribution < -0.4 is 14.9 Å². The van der Waals surface area contributed by atoms with Crippen LogP contribution in [0.25, 0.3) is 0 Å². The predicted octanol–water partition coefficient (Wildman–Crippen LogP) is 3.17. The van der Waals surface area contributed by atoms with E-state index in [1.807, 2.05) is 0 Å². The van der Waals surface area contributed by atoms with Crippen molar-refractivity contribution in [2.24, 2.45) is 0 Å². The maximum Gasteiger partial charge on any atom is 0.337 e. The molecular weight excluding hydrogens is 504 g/mol. The van der Waals surface area contributed by atoms with Gasteiger partial charge < -0.3 is 10.1 Å². The van der Waals surface area contributed by atoms with E-state index in [0.717, 1.165) is 16.2 Å². The van der Waals surface area contributed by atoms with E-state index in [2.05, 4.69) is 19.8 Å². The fraction of sp³-hybridized carbons (Fsp3) is 0.0476. The number of imide groups is 1. The van der Waals surface area contributed by atoms with Gasteiger partial charge in [-0.15, -0.1) is 11.3 Å². The summed E-state index contributed by atoms with van der Waals surface area (Å²) < 4.78 is 31.9. The van der Waals surface area contributed by atoms with Crippen molar-refractivity contribution in [1.29, 1.82) is 0 Å².